The van der Waals surface area contributed by atoms with Crippen LogP contribution in [0.1, 0.15) is 27.2 Å². The van der Waals surface area contributed by atoms with Crippen molar-refractivity contribution in [3.63, 3.8) is 0 Å². The van der Waals surface area contributed by atoms with E-state index in [1.54, 1.807) is 13.0 Å². The number of benzene rings is 1. The van der Waals surface area contributed by atoms with Crippen LogP contribution >= 0.6 is 12.2 Å². The molecule has 23 heavy (non-hydrogen) atoms. The third-order valence-corrected chi connectivity index (χ3v) is 3.65. The Morgan fingerprint density at radius 2 is 2.13 bits per heavy atom. The molecular weight excluding hydrogens is 320 g/mol. The van der Waals surface area contributed by atoms with E-state index >= 15 is 0 Å². The van der Waals surface area contributed by atoms with E-state index in [-0.39, 0.29) is 33.0 Å². The number of carbonyl (C=O) groups excluding carboxylic acids is 1. The second-order valence-electron chi connectivity index (χ2n) is 4.97. The van der Waals surface area contributed by atoms with Crippen molar-refractivity contribution >= 4 is 35.7 Å². The predicted octanol–water partition coefficient (Wildman–Crippen LogP) is 3.33. The normalized spacial score (nSPS) is 14.7. The molecule has 0 saturated carbocycles. The number of non-ortho nitro benzene ring substituents is 1. The number of nitro groups is 1. The lowest BCUT2D eigenvalue weighted by atomic mass is 10.1. The van der Waals surface area contributed by atoms with Gasteiger partial charge in [-0.1, -0.05) is 12.2 Å². The Kier molecular flexibility index (Phi) is 3.45. The zero-order chi connectivity index (χ0) is 16.7. The van der Waals surface area contributed by atoms with Crippen molar-refractivity contribution in [3.8, 4) is 5.75 Å². The van der Waals surface area contributed by atoms with E-state index in [0.29, 0.717) is 5.56 Å². The molecule has 0 fully saturated rings. The highest BCUT2D eigenvalue weighted by atomic mass is 32.1. The summed E-state index contributed by atoms with van der Waals surface area (Å²) in [6.07, 6.45) is 1.38. The van der Waals surface area contributed by atoms with Gasteiger partial charge >= 0.3 is 5.97 Å². The summed E-state index contributed by atoms with van der Waals surface area (Å²) in [7, 11) is 0. The van der Waals surface area contributed by atoms with Gasteiger partial charge in [-0.2, -0.15) is 0 Å². The first kappa shape index (κ1) is 14.9. The fourth-order valence-electron chi connectivity index (χ4n) is 2.31. The minimum atomic E-state index is -0.600. The fourth-order valence-corrected chi connectivity index (χ4v) is 2.67. The number of aromatic nitrogens is 1. The molecule has 1 aromatic carbocycles. The van der Waals surface area contributed by atoms with Crippen LogP contribution in [0.4, 0.5) is 5.69 Å². The Morgan fingerprint density at radius 3 is 2.83 bits per heavy atom. The van der Waals surface area contributed by atoms with Gasteiger partial charge in [0.15, 0.2) is 0 Å². The molecule has 2 heterocycles. The van der Waals surface area contributed by atoms with Crippen molar-refractivity contribution in [2.24, 2.45) is 0 Å². The molecule has 0 bridgehead atoms. The van der Waals surface area contributed by atoms with Crippen LogP contribution in [-0.4, -0.2) is 21.0 Å². The molecule has 1 aliphatic rings. The van der Waals surface area contributed by atoms with Gasteiger partial charge in [-0.25, -0.2) is 4.79 Å². The second-order valence-corrected chi connectivity index (χ2v) is 5.38. The molecule has 3 rings (SSSR count). The maximum absolute atomic E-state index is 11.9. The number of aromatic amines is 1. The van der Waals surface area contributed by atoms with E-state index in [1.807, 2.05) is 0 Å². The summed E-state index contributed by atoms with van der Waals surface area (Å²) < 4.78 is 5.44. The highest BCUT2D eigenvalue weighted by Crippen LogP contribution is 2.34. The molecule has 7 nitrogen and oxygen atoms in total. The molecular formula is C15H10N2O5S. The van der Waals surface area contributed by atoms with Gasteiger partial charge in [-0.3, -0.25) is 10.1 Å². The zero-order valence-electron chi connectivity index (χ0n) is 11.8. The number of phenolic OH excluding ortho intramolecular Hbond substituents is 1. The number of phenols is 1. The van der Waals surface area contributed by atoms with Crippen LogP contribution < -0.4 is 0 Å². The third-order valence-electron chi connectivity index (χ3n) is 3.35. The number of esters is 1. The number of rotatable bonds is 2. The number of aromatic hydroxyl groups is 1. The maximum Gasteiger partial charge on any atom is 0.347 e. The SMILES string of the molecule is Cc1cc2c(c(=S)[nH]1)C(=O)O/C2=C\c1cc([N+](=O)[O-])ccc1O. The monoisotopic (exact) mass is 330 g/mol. The Balaban J connectivity index is 2.17. The lowest BCUT2D eigenvalue weighted by Gasteiger charge is -2.03. The van der Waals surface area contributed by atoms with E-state index in [9.17, 15) is 20.0 Å². The molecule has 116 valence electrons. The number of pyridine rings is 1. The van der Waals surface area contributed by atoms with Crippen molar-refractivity contribution in [2.45, 2.75) is 6.92 Å². The topological polar surface area (TPSA) is 105 Å². The number of cyclic esters (lactones) is 1. The average Bonchev–Trinajstić information content (AvgIpc) is 2.77. The number of ether oxygens (including phenoxy) is 1. The highest BCUT2D eigenvalue weighted by Gasteiger charge is 2.29. The van der Waals surface area contributed by atoms with Crippen molar-refractivity contribution in [3.05, 3.63) is 61.4 Å². The lowest BCUT2D eigenvalue weighted by molar-refractivity contribution is -0.384. The minimum Gasteiger partial charge on any atom is -0.507 e. The van der Waals surface area contributed by atoms with Gasteiger partial charge in [-0.05, 0) is 25.1 Å². The van der Waals surface area contributed by atoms with Crippen molar-refractivity contribution in [2.75, 3.05) is 0 Å². The Bertz CT molecular complexity index is 945. The number of nitro benzene ring substituents is 1. The number of nitrogens with one attached hydrogen (secondary N) is 1. The van der Waals surface area contributed by atoms with Crippen molar-refractivity contribution in [1.82, 2.24) is 4.98 Å². The van der Waals surface area contributed by atoms with Gasteiger partial charge in [0.05, 0.1) is 4.92 Å². The molecule has 2 N–H and O–H groups in total. The number of hydrogen-bond acceptors (Lipinski definition) is 6. The van der Waals surface area contributed by atoms with E-state index in [0.717, 1.165) is 5.69 Å². The molecule has 1 aromatic heterocycles. The molecule has 0 unspecified atom stereocenters. The quantitative estimate of drug-likeness (QED) is 0.379. The van der Waals surface area contributed by atoms with E-state index in [2.05, 4.69) is 4.98 Å². The first-order valence-electron chi connectivity index (χ1n) is 6.52. The number of hydrogen-bond donors (Lipinski definition) is 2. The summed E-state index contributed by atoms with van der Waals surface area (Å²) in [6.45, 7) is 1.78. The summed E-state index contributed by atoms with van der Waals surface area (Å²) in [5.74, 6) is -0.577. The fraction of sp³-hybridized carbons (Fsp3) is 0.0667. The van der Waals surface area contributed by atoms with Gasteiger partial charge in [0.25, 0.3) is 5.69 Å². The number of nitrogens with zero attached hydrogens (tertiary/aromatic N) is 1. The maximum atomic E-state index is 11.9. The Morgan fingerprint density at radius 1 is 1.39 bits per heavy atom. The Hall–Kier alpha value is -3.00. The summed E-state index contributed by atoms with van der Waals surface area (Å²) in [5, 5.41) is 20.7. The first-order valence-corrected chi connectivity index (χ1v) is 6.93. The summed E-state index contributed by atoms with van der Waals surface area (Å²) in [5.41, 5.74) is 1.46. The molecule has 0 radical (unpaired) electrons. The predicted molar refractivity (Wildman–Crippen MR) is 84.4 cm³/mol. The van der Waals surface area contributed by atoms with Crippen LogP contribution in [0.15, 0.2) is 24.3 Å². The molecule has 8 heteroatoms. The standard InChI is InChI=1S/C15H10N2O5S/c1-7-4-10-12(22-15(19)13(10)14(23)16-7)6-8-5-9(17(20)21)2-3-11(8)18/h2-6,18H,1H3,(H,16,23)/b12-6-. The van der Waals surface area contributed by atoms with Crippen LogP contribution in [0.25, 0.3) is 11.8 Å². The van der Waals surface area contributed by atoms with Gasteiger partial charge in [0.1, 0.15) is 21.7 Å². The number of H-pyrrole nitrogens is 1. The summed E-state index contributed by atoms with van der Waals surface area (Å²) >= 11 is 5.12. The average molecular weight is 330 g/mol. The molecule has 0 saturated heterocycles. The second kappa shape index (κ2) is 5.33. The van der Waals surface area contributed by atoms with Crippen LogP contribution in [0, 0.1) is 21.7 Å². The first-order chi connectivity index (χ1) is 10.9. The van der Waals surface area contributed by atoms with E-state index in [1.165, 1.54) is 24.3 Å². The number of carbonyl (C=O) groups is 1. The van der Waals surface area contributed by atoms with E-state index < -0.39 is 10.9 Å². The van der Waals surface area contributed by atoms with Gasteiger partial charge in [0, 0.05) is 29.0 Å². The summed E-state index contributed by atoms with van der Waals surface area (Å²) in [6, 6.07) is 5.29. The molecule has 0 spiro atoms. The van der Waals surface area contributed by atoms with Crippen LogP contribution in [0.5, 0.6) is 5.75 Å². The largest absolute Gasteiger partial charge is 0.507 e. The smallest absolute Gasteiger partial charge is 0.347 e. The van der Waals surface area contributed by atoms with Crippen LogP contribution in [-0.2, 0) is 4.74 Å². The number of aryl methyl sites for hydroxylation is 1. The van der Waals surface area contributed by atoms with E-state index in [4.69, 9.17) is 17.0 Å². The molecule has 0 amide bonds. The molecule has 0 aliphatic carbocycles. The highest BCUT2D eigenvalue weighted by molar-refractivity contribution is 7.71. The van der Waals surface area contributed by atoms with Gasteiger partial charge < -0.3 is 14.8 Å². The van der Waals surface area contributed by atoms with Gasteiger partial charge in [-0.15, -0.1) is 0 Å². The Labute approximate surface area is 135 Å². The minimum absolute atomic E-state index is 0.162. The van der Waals surface area contributed by atoms with Crippen LogP contribution in [0.3, 0.4) is 0 Å². The molecule has 2 aromatic rings. The van der Waals surface area contributed by atoms with Crippen molar-refractivity contribution in [1.29, 1.82) is 0 Å². The van der Waals surface area contributed by atoms with Crippen molar-refractivity contribution < 1.29 is 19.6 Å². The zero-order valence-corrected chi connectivity index (χ0v) is 12.6. The van der Waals surface area contributed by atoms with Gasteiger partial charge in [0.2, 0.25) is 0 Å². The third kappa shape index (κ3) is 2.59. The molecule has 1 aliphatic heterocycles. The van der Waals surface area contributed by atoms with Crippen LogP contribution in [0.2, 0.25) is 0 Å². The lowest BCUT2D eigenvalue weighted by Crippen LogP contribution is -1.97. The summed E-state index contributed by atoms with van der Waals surface area (Å²) in [4.78, 5) is 25.1. The molecule has 0 atom stereocenters. The number of fused-ring (bicyclic) bond motifs is 1.